The Kier molecular flexibility index (Phi) is 6.32. The maximum Gasteiger partial charge on any atom is 0.351 e. The summed E-state index contributed by atoms with van der Waals surface area (Å²) in [5.74, 6) is -0.897. The van der Waals surface area contributed by atoms with Crippen molar-refractivity contribution in [1.82, 2.24) is 9.55 Å². The number of nitrogens with zero attached hydrogens (tertiary/aromatic N) is 2. The molecule has 0 spiro atoms. The Morgan fingerprint density at radius 1 is 1.48 bits per heavy atom. The zero-order chi connectivity index (χ0) is 18.6. The minimum absolute atomic E-state index is 0.00505. The van der Waals surface area contributed by atoms with Crippen LogP contribution in [-0.4, -0.2) is 40.3 Å². The van der Waals surface area contributed by atoms with E-state index in [2.05, 4.69) is 20.9 Å². The number of esters is 2. The maximum absolute atomic E-state index is 12.2. The number of nitrogen functional groups attached to an aromatic ring is 1. The maximum atomic E-state index is 12.2. The standard InChI is InChI=1S/C15H18BrN3O6/c1-8(20)23-7-11-5-12(24-9(2)21)14(25-11)19-6-10(3-4-16)13(17)18-15(19)22/h3-4,6,11-12,14H,5,7H2,1-2H3,(H2,17,18,22)/b4-3+/t11-,12+,14+/m0/s1. The zero-order valence-corrected chi connectivity index (χ0v) is 15.3. The number of halogens is 1. The van der Waals surface area contributed by atoms with Gasteiger partial charge in [-0.05, 0) is 11.1 Å². The van der Waals surface area contributed by atoms with Gasteiger partial charge in [0.15, 0.2) is 6.23 Å². The Morgan fingerprint density at radius 2 is 2.20 bits per heavy atom. The highest BCUT2D eigenvalue weighted by molar-refractivity contribution is 9.11. The topological polar surface area (TPSA) is 123 Å². The monoisotopic (exact) mass is 415 g/mol. The largest absolute Gasteiger partial charge is 0.463 e. The van der Waals surface area contributed by atoms with E-state index in [1.807, 2.05) is 0 Å². The number of hydrogen-bond donors (Lipinski definition) is 1. The van der Waals surface area contributed by atoms with Crippen LogP contribution in [0, 0.1) is 0 Å². The van der Waals surface area contributed by atoms with Gasteiger partial charge in [-0.15, -0.1) is 0 Å². The van der Waals surface area contributed by atoms with Gasteiger partial charge in [0.05, 0.1) is 6.10 Å². The Balaban J connectivity index is 2.33. The lowest BCUT2D eigenvalue weighted by molar-refractivity contribution is -0.153. The van der Waals surface area contributed by atoms with Crippen LogP contribution in [0.1, 0.15) is 32.1 Å². The first-order valence-corrected chi connectivity index (χ1v) is 8.34. The Labute approximate surface area is 151 Å². The van der Waals surface area contributed by atoms with Crippen LogP contribution in [0.4, 0.5) is 5.82 Å². The molecule has 1 aromatic rings. The molecule has 0 radical (unpaired) electrons. The van der Waals surface area contributed by atoms with Crippen LogP contribution in [-0.2, 0) is 23.8 Å². The smallest absolute Gasteiger partial charge is 0.351 e. The zero-order valence-electron chi connectivity index (χ0n) is 13.7. The van der Waals surface area contributed by atoms with Crippen LogP contribution >= 0.6 is 15.9 Å². The molecule has 136 valence electrons. The lowest BCUT2D eigenvalue weighted by Gasteiger charge is -2.21. The van der Waals surface area contributed by atoms with Gasteiger partial charge in [0.2, 0.25) is 0 Å². The fraction of sp³-hybridized carbons (Fsp3) is 0.467. The minimum Gasteiger partial charge on any atom is -0.463 e. The van der Waals surface area contributed by atoms with Gasteiger partial charge in [0, 0.05) is 32.0 Å². The van der Waals surface area contributed by atoms with Gasteiger partial charge >= 0.3 is 17.6 Å². The third-order valence-electron chi connectivity index (χ3n) is 3.46. The highest BCUT2D eigenvalue weighted by atomic mass is 79.9. The van der Waals surface area contributed by atoms with E-state index >= 15 is 0 Å². The van der Waals surface area contributed by atoms with E-state index in [0.29, 0.717) is 5.56 Å². The van der Waals surface area contributed by atoms with Crippen molar-refractivity contribution in [3.8, 4) is 0 Å². The number of anilines is 1. The van der Waals surface area contributed by atoms with E-state index < -0.39 is 36.1 Å². The predicted octanol–water partition coefficient (Wildman–Crippen LogP) is 0.973. The van der Waals surface area contributed by atoms with Crippen molar-refractivity contribution in [3.05, 3.63) is 27.2 Å². The number of carbonyl (C=O) groups is 2. The Hall–Kier alpha value is -2.20. The van der Waals surface area contributed by atoms with Crippen molar-refractivity contribution < 1.29 is 23.8 Å². The molecule has 1 aromatic heterocycles. The van der Waals surface area contributed by atoms with Gasteiger partial charge < -0.3 is 19.9 Å². The molecule has 2 heterocycles. The first-order chi connectivity index (χ1) is 11.8. The van der Waals surface area contributed by atoms with Crippen LogP contribution in [0.5, 0.6) is 0 Å². The number of hydrogen-bond acceptors (Lipinski definition) is 8. The van der Waals surface area contributed by atoms with Gasteiger partial charge in [0.25, 0.3) is 0 Å². The molecule has 0 amide bonds. The lowest BCUT2D eigenvalue weighted by Crippen LogP contribution is -2.34. The van der Waals surface area contributed by atoms with E-state index in [1.54, 1.807) is 11.1 Å². The van der Waals surface area contributed by atoms with E-state index in [4.69, 9.17) is 19.9 Å². The Morgan fingerprint density at radius 3 is 2.80 bits per heavy atom. The molecule has 1 saturated heterocycles. The fourth-order valence-electron chi connectivity index (χ4n) is 2.47. The summed E-state index contributed by atoms with van der Waals surface area (Å²) >= 11 is 3.13. The molecule has 1 aliphatic heterocycles. The third-order valence-corrected chi connectivity index (χ3v) is 3.73. The molecule has 1 aliphatic rings. The van der Waals surface area contributed by atoms with Crippen molar-refractivity contribution in [2.24, 2.45) is 0 Å². The number of nitrogens with two attached hydrogens (primary N) is 1. The van der Waals surface area contributed by atoms with Gasteiger partial charge in [-0.25, -0.2) is 4.79 Å². The summed E-state index contributed by atoms with van der Waals surface area (Å²) in [6, 6.07) is 0. The van der Waals surface area contributed by atoms with Crippen molar-refractivity contribution in [2.75, 3.05) is 12.3 Å². The molecule has 1 fully saturated rings. The van der Waals surface area contributed by atoms with E-state index in [9.17, 15) is 14.4 Å². The molecule has 0 aromatic carbocycles. The van der Waals surface area contributed by atoms with Crippen LogP contribution < -0.4 is 11.4 Å². The molecule has 9 nitrogen and oxygen atoms in total. The quantitative estimate of drug-likeness (QED) is 0.705. The van der Waals surface area contributed by atoms with Crippen LogP contribution in [0.15, 0.2) is 16.0 Å². The molecule has 25 heavy (non-hydrogen) atoms. The van der Waals surface area contributed by atoms with Crippen molar-refractivity contribution >= 4 is 39.8 Å². The summed E-state index contributed by atoms with van der Waals surface area (Å²) in [4.78, 5) is 39.9. The van der Waals surface area contributed by atoms with Crippen LogP contribution in [0.2, 0.25) is 0 Å². The molecule has 0 unspecified atom stereocenters. The summed E-state index contributed by atoms with van der Waals surface area (Å²) in [6.07, 6.45) is 1.23. The van der Waals surface area contributed by atoms with Crippen molar-refractivity contribution in [3.63, 3.8) is 0 Å². The fourth-order valence-corrected chi connectivity index (χ4v) is 2.76. The summed E-state index contributed by atoms with van der Waals surface area (Å²) in [7, 11) is 0. The van der Waals surface area contributed by atoms with Crippen molar-refractivity contribution in [2.45, 2.75) is 38.7 Å². The van der Waals surface area contributed by atoms with Crippen molar-refractivity contribution in [1.29, 1.82) is 0 Å². The molecule has 0 aliphatic carbocycles. The summed E-state index contributed by atoms with van der Waals surface area (Å²) in [5, 5.41) is 0. The average Bonchev–Trinajstić information content (AvgIpc) is 2.90. The van der Waals surface area contributed by atoms with E-state index in [-0.39, 0.29) is 18.8 Å². The highest BCUT2D eigenvalue weighted by Crippen LogP contribution is 2.31. The second-order valence-electron chi connectivity index (χ2n) is 5.40. The molecule has 0 bridgehead atoms. The number of carbonyl (C=O) groups excluding carboxylic acids is 2. The molecule has 2 rings (SSSR count). The highest BCUT2D eigenvalue weighted by Gasteiger charge is 2.40. The molecule has 2 N–H and O–H groups in total. The number of rotatable bonds is 5. The van der Waals surface area contributed by atoms with Gasteiger partial charge in [-0.1, -0.05) is 15.9 Å². The van der Waals surface area contributed by atoms with Crippen LogP contribution in [0.25, 0.3) is 6.08 Å². The average molecular weight is 416 g/mol. The number of aromatic nitrogens is 2. The van der Waals surface area contributed by atoms with Gasteiger partial charge in [0.1, 0.15) is 18.5 Å². The normalized spacial score (nSPS) is 22.9. The summed E-state index contributed by atoms with van der Waals surface area (Å²) in [6.45, 7) is 2.54. The first-order valence-electron chi connectivity index (χ1n) is 7.43. The molecule has 0 saturated carbocycles. The first kappa shape index (κ1) is 19.1. The Bertz CT molecular complexity index is 747. The van der Waals surface area contributed by atoms with Gasteiger partial charge in [-0.3, -0.25) is 14.2 Å². The second kappa shape index (κ2) is 8.26. The van der Waals surface area contributed by atoms with E-state index in [0.717, 1.165) is 0 Å². The molecular formula is C15H18BrN3O6. The second-order valence-corrected chi connectivity index (χ2v) is 5.93. The molecular weight excluding hydrogens is 398 g/mol. The SMILES string of the molecule is CC(=O)OC[C@@H]1C[C@@H](OC(C)=O)[C@H](n2cc(/C=C/Br)c(N)nc2=O)O1. The third kappa shape index (κ3) is 4.89. The number of ether oxygens (including phenoxy) is 3. The molecule has 10 heteroatoms. The molecule has 3 atom stereocenters. The van der Waals surface area contributed by atoms with Gasteiger partial charge in [-0.2, -0.15) is 4.98 Å². The summed E-state index contributed by atoms with van der Waals surface area (Å²) in [5.41, 5.74) is 5.57. The minimum atomic E-state index is -0.896. The van der Waals surface area contributed by atoms with E-state index in [1.165, 1.54) is 24.6 Å². The predicted molar refractivity (Wildman–Crippen MR) is 91.6 cm³/mol. The summed E-state index contributed by atoms with van der Waals surface area (Å²) < 4.78 is 17.1. The van der Waals surface area contributed by atoms with Crippen LogP contribution in [0.3, 0.4) is 0 Å². The lowest BCUT2D eigenvalue weighted by atomic mass is 10.2.